The molecule has 0 atom stereocenters. The smallest absolute Gasteiger partial charge is 0.387 e. The molecule has 0 unspecified atom stereocenters. The first-order valence-corrected chi connectivity index (χ1v) is 11.4. The maximum atomic E-state index is 14.1. The standard InChI is InChI=1S/C24H27F3N4O4S/c1-24(2,33-3)13-34-18-12-28-9-7-14(18)11-30-16-8-10-29-21(32)19(16)22(36)31-17-6-4-5-15(25)20(17)35-23(26)27/h4-7,9,12,23,30H,8,10-11,13H2,1-3H3,(H,29,32)(H,31,36). The summed E-state index contributed by atoms with van der Waals surface area (Å²) in [6.45, 7) is 1.50. The van der Waals surface area contributed by atoms with E-state index in [9.17, 15) is 18.0 Å². The molecular formula is C24H27F3N4O4S. The molecule has 3 N–H and O–H groups in total. The van der Waals surface area contributed by atoms with Gasteiger partial charge in [0.05, 0.1) is 23.1 Å². The van der Waals surface area contributed by atoms with Gasteiger partial charge in [-0.3, -0.25) is 9.78 Å². The lowest BCUT2D eigenvalue weighted by Gasteiger charge is -2.25. The maximum Gasteiger partial charge on any atom is 0.387 e. The van der Waals surface area contributed by atoms with E-state index in [2.05, 4.69) is 25.7 Å². The number of nitrogens with zero attached hydrogens (tertiary/aromatic N) is 1. The molecule has 194 valence electrons. The Balaban J connectivity index is 1.81. The molecule has 2 aromatic rings. The van der Waals surface area contributed by atoms with Crippen LogP contribution in [0.5, 0.6) is 11.5 Å². The summed E-state index contributed by atoms with van der Waals surface area (Å²) in [5.41, 5.74) is 0.797. The number of aromatic nitrogens is 1. The van der Waals surface area contributed by atoms with Gasteiger partial charge >= 0.3 is 6.61 Å². The summed E-state index contributed by atoms with van der Waals surface area (Å²) in [5, 5.41) is 8.59. The number of amides is 1. The van der Waals surface area contributed by atoms with Crippen LogP contribution in [-0.4, -0.2) is 48.4 Å². The van der Waals surface area contributed by atoms with E-state index in [0.29, 0.717) is 37.6 Å². The van der Waals surface area contributed by atoms with Crippen LogP contribution >= 0.6 is 12.2 Å². The minimum Gasteiger partial charge on any atom is -0.489 e. The molecule has 0 saturated heterocycles. The average molecular weight is 525 g/mol. The molecule has 1 aromatic heterocycles. The zero-order valence-corrected chi connectivity index (χ0v) is 20.8. The van der Waals surface area contributed by atoms with Crippen LogP contribution in [0.15, 0.2) is 47.9 Å². The first kappa shape index (κ1) is 27.2. The van der Waals surface area contributed by atoms with Gasteiger partial charge in [-0.1, -0.05) is 18.3 Å². The molecule has 1 aliphatic rings. The molecular weight excluding hydrogens is 497 g/mol. The number of anilines is 1. The van der Waals surface area contributed by atoms with E-state index in [1.54, 1.807) is 25.6 Å². The van der Waals surface area contributed by atoms with Crippen LogP contribution in [0.1, 0.15) is 25.8 Å². The van der Waals surface area contributed by atoms with Crippen LogP contribution < -0.4 is 25.4 Å². The predicted octanol–water partition coefficient (Wildman–Crippen LogP) is 3.93. The van der Waals surface area contributed by atoms with Crippen LogP contribution in [0.25, 0.3) is 0 Å². The van der Waals surface area contributed by atoms with Gasteiger partial charge in [-0.05, 0) is 32.0 Å². The highest BCUT2D eigenvalue weighted by atomic mass is 32.1. The lowest BCUT2D eigenvalue weighted by molar-refractivity contribution is -0.117. The Kier molecular flexibility index (Phi) is 9.10. The third-order valence-electron chi connectivity index (χ3n) is 5.33. The van der Waals surface area contributed by atoms with Gasteiger partial charge < -0.3 is 30.2 Å². The van der Waals surface area contributed by atoms with Crippen molar-refractivity contribution < 1.29 is 32.2 Å². The molecule has 0 radical (unpaired) electrons. The second-order valence-corrected chi connectivity index (χ2v) is 8.81. The molecule has 3 rings (SSSR count). The van der Waals surface area contributed by atoms with E-state index in [4.69, 9.17) is 21.7 Å². The zero-order valence-electron chi connectivity index (χ0n) is 20.0. The van der Waals surface area contributed by atoms with Crippen LogP contribution in [0, 0.1) is 5.82 Å². The summed E-state index contributed by atoms with van der Waals surface area (Å²) >= 11 is 5.40. The van der Waals surface area contributed by atoms with Crippen LogP contribution in [-0.2, 0) is 16.1 Å². The molecule has 12 heteroatoms. The maximum absolute atomic E-state index is 14.1. The van der Waals surface area contributed by atoms with E-state index < -0.39 is 29.7 Å². The number of alkyl halides is 2. The highest BCUT2D eigenvalue weighted by Crippen LogP contribution is 2.30. The predicted molar refractivity (Wildman–Crippen MR) is 132 cm³/mol. The number of hydrogen-bond acceptors (Lipinski definition) is 7. The molecule has 0 bridgehead atoms. The summed E-state index contributed by atoms with van der Waals surface area (Å²) in [4.78, 5) is 16.7. The Morgan fingerprint density at radius 3 is 2.81 bits per heavy atom. The number of halogens is 3. The van der Waals surface area contributed by atoms with Crippen molar-refractivity contribution in [3.8, 4) is 11.5 Å². The third kappa shape index (κ3) is 7.08. The van der Waals surface area contributed by atoms with Crippen molar-refractivity contribution in [2.75, 3.05) is 25.6 Å². The van der Waals surface area contributed by atoms with Gasteiger partial charge in [0.25, 0.3) is 5.91 Å². The summed E-state index contributed by atoms with van der Waals surface area (Å²) in [5.74, 6) is -1.60. The van der Waals surface area contributed by atoms with Crippen LogP contribution in [0.3, 0.4) is 0 Å². The van der Waals surface area contributed by atoms with E-state index >= 15 is 0 Å². The van der Waals surface area contributed by atoms with Gasteiger partial charge in [0.15, 0.2) is 11.6 Å². The number of para-hydroxylation sites is 1. The summed E-state index contributed by atoms with van der Waals surface area (Å²) in [6.07, 6.45) is 3.64. The van der Waals surface area contributed by atoms with Gasteiger partial charge in [0, 0.05) is 44.1 Å². The first-order valence-electron chi connectivity index (χ1n) is 11.0. The van der Waals surface area contributed by atoms with Crippen molar-refractivity contribution in [3.63, 3.8) is 0 Å². The second-order valence-electron chi connectivity index (χ2n) is 8.40. The van der Waals surface area contributed by atoms with Gasteiger partial charge in [-0.25, -0.2) is 4.39 Å². The lowest BCUT2D eigenvalue weighted by Crippen LogP contribution is -2.39. The van der Waals surface area contributed by atoms with E-state index in [0.717, 1.165) is 11.6 Å². The SMILES string of the molecule is COC(C)(C)COc1cnccc1CNC1=C(C(=S)Nc2cccc(F)c2OC(F)F)C(=O)NCC1. The fourth-order valence-electron chi connectivity index (χ4n) is 3.27. The van der Waals surface area contributed by atoms with Gasteiger partial charge in [-0.15, -0.1) is 0 Å². The largest absolute Gasteiger partial charge is 0.489 e. The van der Waals surface area contributed by atoms with Gasteiger partial charge in [0.1, 0.15) is 17.3 Å². The van der Waals surface area contributed by atoms with Crippen molar-refractivity contribution in [1.82, 2.24) is 15.6 Å². The fraction of sp³-hybridized carbons (Fsp3) is 0.375. The van der Waals surface area contributed by atoms with E-state index in [-0.39, 0.29) is 16.2 Å². The van der Waals surface area contributed by atoms with Crippen LogP contribution in [0.4, 0.5) is 18.9 Å². The Bertz CT molecular complexity index is 1140. The zero-order chi connectivity index (χ0) is 26.3. The molecule has 1 amide bonds. The number of hydrogen-bond donors (Lipinski definition) is 3. The summed E-state index contributed by atoms with van der Waals surface area (Å²) in [6, 6.07) is 5.39. The topological polar surface area (TPSA) is 93.7 Å². The number of benzene rings is 1. The van der Waals surface area contributed by atoms with Gasteiger partial charge in [0.2, 0.25) is 0 Å². The minimum absolute atomic E-state index is 0.0764. The number of ether oxygens (including phenoxy) is 3. The van der Waals surface area contributed by atoms with Crippen molar-refractivity contribution in [2.24, 2.45) is 0 Å². The third-order valence-corrected chi connectivity index (χ3v) is 5.63. The number of nitrogens with one attached hydrogen (secondary N) is 3. The molecule has 0 spiro atoms. The number of carbonyl (C=O) groups excluding carboxylic acids is 1. The number of rotatable bonds is 11. The molecule has 0 saturated carbocycles. The second kappa shape index (κ2) is 12.0. The number of methoxy groups -OCH3 is 1. The molecule has 8 nitrogen and oxygen atoms in total. The minimum atomic E-state index is -3.24. The highest BCUT2D eigenvalue weighted by molar-refractivity contribution is 7.81. The highest BCUT2D eigenvalue weighted by Gasteiger charge is 2.26. The summed E-state index contributed by atoms with van der Waals surface area (Å²) in [7, 11) is 1.60. The van der Waals surface area contributed by atoms with Crippen molar-refractivity contribution in [2.45, 2.75) is 39.0 Å². The van der Waals surface area contributed by atoms with Crippen molar-refractivity contribution in [1.29, 1.82) is 0 Å². The van der Waals surface area contributed by atoms with E-state index in [1.165, 1.54) is 12.1 Å². The van der Waals surface area contributed by atoms with Crippen molar-refractivity contribution in [3.05, 3.63) is 59.3 Å². The quantitative estimate of drug-likeness (QED) is 0.381. The number of pyridine rings is 1. The normalized spacial score (nSPS) is 13.9. The van der Waals surface area contributed by atoms with Gasteiger partial charge in [-0.2, -0.15) is 8.78 Å². The Morgan fingerprint density at radius 1 is 1.31 bits per heavy atom. The molecule has 1 aliphatic heterocycles. The Hall–Kier alpha value is -3.38. The fourth-order valence-corrected chi connectivity index (χ4v) is 3.59. The molecule has 0 aliphatic carbocycles. The Labute approximate surface area is 212 Å². The number of thiocarbonyl (C=S) groups is 1. The lowest BCUT2D eigenvalue weighted by atomic mass is 10.1. The molecule has 2 heterocycles. The van der Waals surface area contributed by atoms with Crippen molar-refractivity contribution >= 4 is 28.8 Å². The average Bonchev–Trinajstić information content (AvgIpc) is 2.84. The van der Waals surface area contributed by atoms with Crippen LogP contribution in [0.2, 0.25) is 0 Å². The molecule has 36 heavy (non-hydrogen) atoms. The summed E-state index contributed by atoms with van der Waals surface area (Å²) < 4.78 is 55.2. The monoisotopic (exact) mass is 524 g/mol. The molecule has 0 fully saturated rings. The molecule has 1 aromatic carbocycles. The van der Waals surface area contributed by atoms with E-state index in [1.807, 2.05) is 13.8 Å². The first-order chi connectivity index (χ1) is 17.1. The number of carbonyl (C=O) groups is 1. The Morgan fingerprint density at radius 2 is 2.08 bits per heavy atom.